The topological polar surface area (TPSA) is 75.6 Å². The van der Waals surface area contributed by atoms with E-state index in [0.717, 1.165) is 24.3 Å². The molecule has 0 aliphatic carbocycles. The zero-order valence-corrected chi connectivity index (χ0v) is 13.0. The molecule has 5 nitrogen and oxygen atoms in total. The molecule has 24 heavy (non-hydrogen) atoms. The minimum Gasteiger partial charge on any atom is -0.491 e. The minimum absolute atomic E-state index is 0.133. The number of carbonyl (C=O) groups is 2. The molecule has 0 fully saturated rings. The van der Waals surface area contributed by atoms with Crippen molar-refractivity contribution in [3.8, 4) is 5.75 Å². The van der Waals surface area contributed by atoms with Crippen LogP contribution in [-0.4, -0.2) is 23.1 Å². The first-order chi connectivity index (χ1) is 11.3. The number of carboxylic acid groups (broad SMARTS) is 1. The molecule has 0 aromatic heterocycles. The number of amides is 1. The molecule has 0 bridgehead atoms. The Labute approximate surface area is 136 Å². The summed E-state index contributed by atoms with van der Waals surface area (Å²) >= 11 is 0. The standard InChI is InChI=1S/C17H15F2NO4/c1-9(2)24-11-4-6-15(14(19)8-11)20-16(21)12-5-3-10(17(22)23)7-13(12)18/h3-9H,1-2H3,(H,20,21)(H,22,23). The lowest BCUT2D eigenvalue weighted by Crippen LogP contribution is -2.15. The molecule has 1 amide bonds. The Kier molecular flexibility index (Phi) is 5.13. The molecule has 2 rings (SSSR count). The van der Waals surface area contributed by atoms with Crippen LogP contribution in [0.15, 0.2) is 36.4 Å². The Morgan fingerprint density at radius 3 is 2.33 bits per heavy atom. The molecule has 2 N–H and O–H groups in total. The molecule has 0 saturated heterocycles. The van der Waals surface area contributed by atoms with E-state index in [1.807, 2.05) is 0 Å². The lowest BCUT2D eigenvalue weighted by atomic mass is 10.1. The van der Waals surface area contributed by atoms with Crippen LogP contribution < -0.4 is 10.1 Å². The molecule has 0 aliphatic heterocycles. The molecule has 7 heteroatoms. The van der Waals surface area contributed by atoms with E-state index in [1.165, 1.54) is 12.1 Å². The monoisotopic (exact) mass is 335 g/mol. The van der Waals surface area contributed by atoms with Gasteiger partial charge in [0.05, 0.1) is 22.9 Å². The van der Waals surface area contributed by atoms with Gasteiger partial charge >= 0.3 is 5.97 Å². The van der Waals surface area contributed by atoms with Gasteiger partial charge in [0, 0.05) is 6.07 Å². The first-order valence-corrected chi connectivity index (χ1v) is 7.08. The van der Waals surface area contributed by atoms with E-state index in [4.69, 9.17) is 9.84 Å². The average molecular weight is 335 g/mol. The van der Waals surface area contributed by atoms with Crippen molar-refractivity contribution in [2.45, 2.75) is 20.0 Å². The van der Waals surface area contributed by atoms with Crippen molar-refractivity contribution in [2.24, 2.45) is 0 Å². The van der Waals surface area contributed by atoms with Gasteiger partial charge in [0.15, 0.2) is 0 Å². The van der Waals surface area contributed by atoms with Gasteiger partial charge in [-0.1, -0.05) is 0 Å². The summed E-state index contributed by atoms with van der Waals surface area (Å²) in [7, 11) is 0. The van der Waals surface area contributed by atoms with E-state index in [2.05, 4.69) is 5.32 Å². The number of ether oxygens (including phenoxy) is 1. The molecule has 2 aromatic rings. The average Bonchev–Trinajstić information content (AvgIpc) is 2.49. The van der Waals surface area contributed by atoms with Crippen LogP contribution in [0.1, 0.15) is 34.6 Å². The number of halogens is 2. The Balaban J connectivity index is 2.19. The molecule has 2 aromatic carbocycles. The van der Waals surface area contributed by atoms with Gasteiger partial charge in [0.2, 0.25) is 0 Å². The Morgan fingerprint density at radius 2 is 1.79 bits per heavy atom. The van der Waals surface area contributed by atoms with E-state index in [9.17, 15) is 18.4 Å². The molecule has 126 valence electrons. The van der Waals surface area contributed by atoms with Gasteiger partial charge < -0.3 is 15.2 Å². The quantitative estimate of drug-likeness (QED) is 0.873. The van der Waals surface area contributed by atoms with E-state index < -0.39 is 23.5 Å². The van der Waals surface area contributed by atoms with Crippen LogP contribution in [-0.2, 0) is 0 Å². The lowest BCUT2D eigenvalue weighted by Gasteiger charge is -2.12. The van der Waals surface area contributed by atoms with E-state index in [1.54, 1.807) is 13.8 Å². The summed E-state index contributed by atoms with van der Waals surface area (Å²) in [5, 5.41) is 11.0. The molecule has 0 saturated carbocycles. The highest BCUT2D eigenvalue weighted by Gasteiger charge is 2.16. The number of hydrogen-bond acceptors (Lipinski definition) is 3. The van der Waals surface area contributed by atoms with Gasteiger partial charge in [-0.2, -0.15) is 0 Å². The molecule has 0 heterocycles. The largest absolute Gasteiger partial charge is 0.491 e. The number of benzene rings is 2. The number of aromatic carboxylic acids is 1. The predicted octanol–water partition coefficient (Wildman–Crippen LogP) is 3.70. The van der Waals surface area contributed by atoms with Crippen molar-refractivity contribution in [3.63, 3.8) is 0 Å². The third-order valence-electron chi connectivity index (χ3n) is 3.02. The van der Waals surface area contributed by atoms with Crippen LogP contribution in [0.4, 0.5) is 14.5 Å². The molecule has 0 unspecified atom stereocenters. The summed E-state index contributed by atoms with van der Waals surface area (Å²) in [4.78, 5) is 22.8. The number of hydrogen-bond donors (Lipinski definition) is 2. The van der Waals surface area contributed by atoms with Crippen molar-refractivity contribution in [2.75, 3.05) is 5.32 Å². The second kappa shape index (κ2) is 7.08. The number of nitrogens with one attached hydrogen (secondary N) is 1. The van der Waals surface area contributed by atoms with Gasteiger partial charge in [-0.3, -0.25) is 4.79 Å². The third-order valence-corrected chi connectivity index (χ3v) is 3.02. The van der Waals surface area contributed by atoms with Crippen LogP contribution in [0.25, 0.3) is 0 Å². The predicted molar refractivity (Wildman–Crippen MR) is 83.5 cm³/mol. The molecule has 0 aliphatic rings. The fourth-order valence-electron chi connectivity index (χ4n) is 1.96. The van der Waals surface area contributed by atoms with Crippen molar-refractivity contribution in [3.05, 3.63) is 59.2 Å². The summed E-state index contributed by atoms with van der Waals surface area (Å²) in [6.45, 7) is 3.58. The summed E-state index contributed by atoms with van der Waals surface area (Å²) in [6, 6.07) is 6.74. The molecular weight excluding hydrogens is 320 g/mol. The highest BCUT2D eigenvalue weighted by molar-refractivity contribution is 6.05. The maximum Gasteiger partial charge on any atom is 0.335 e. The maximum atomic E-state index is 14.0. The Hall–Kier alpha value is -2.96. The third kappa shape index (κ3) is 4.07. The molecule has 0 radical (unpaired) electrons. The highest BCUT2D eigenvalue weighted by Crippen LogP contribution is 2.22. The maximum absolute atomic E-state index is 14.0. The first kappa shape index (κ1) is 17.4. The van der Waals surface area contributed by atoms with E-state index in [0.29, 0.717) is 5.75 Å². The molecule has 0 atom stereocenters. The minimum atomic E-state index is -1.31. The molecule has 0 spiro atoms. The lowest BCUT2D eigenvalue weighted by molar-refractivity contribution is 0.0695. The van der Waals surface area contributed by atoms with Gasteiger partial charge in [0.25, 0.3) is 5.91 Å². The summed E-state index contributed by atoms with van der Waals surface area (Å²) < 4.78 is 33.1. The van der Waals surface area contributed by atoms with Gasteiger partial charge in [-0.05, 0) is 44.2 Å². The van der Waals surface area contributed by atoms with Crippen LogP contribution in [0.5, 0.6) is 5.75 Å². The van der Waals surface area contributed by atoms with Crippen LogP contribution >= 0.6 is 0 Å². The summed E-state index contributed by atoms with van der Waals surface area (Å²) in [6.07, 6.45) is -0.133. The Morgan fingerprint density at radius 1 is 1.08 bits per heavy atom. The van der Waals surface area contributed by atoms with Gasteiger partial charge in [0.1, 0.15) is 17.4 Å². The van der Waals surface area contributed by atoms with E-state index in [-0.39, 0.29) is 22.9 Å². The number of rotatable bonds is 5. The van der Waals surface area contributed by atoms with Crippen molar-refractivity contribution in [1.29, 1.82) is 0 Å². The zero-order chi connectivity index (χ0) is 17.9. The van der Waals surface area contributed by atoms with Crippen molar-refractivity contribution >= 4 is 17.6 Å². The number of anilines is 1. The summed E-state index contributed by atoms with van der Waals surface area (Å²) in [5.41, 5.74) is -0.815. The zero-order valence-electron chi connectivity index (χ0n) is 13.0. The highest BCUT2D eigenvalue weighted by atomic mass is 19.1. The van der Waals surface area contributed by atoms with Crippen molar-refractivity contribution in [1.82, 2.24) is 0 Å². The van der Waals surface area contributed by atoms with Crippen LogP contribution in [0.3, 0.4) is 0 Å². The second-order valence-electron chi connectivity index (χ2n) is 5.26. The number of carboxylic acids is 1. The normalized spacial score (nSPS) is 10.5. The number of carbonyl (C=O) groups excluding carboxylic acids is 1. The molecular formula is C17H15F2NO4. The van der Waals surface area contributed by atoms with Gasteiger partial charge in [-0.25, -0.2) is 13.6 Å². The van der Waals surface area contributed by atoms with E-state index >= 15 is 0 Å². The smallest absolute Gasteiger partial charge is 0.335 e. The summed E-state index contributed by atoms with van der Waals surface area (Å²) in [5.74, 6) is -3.64. The van der Waals surface area contributed by atoms with Crippen molar-refractivity contribution < 1.29 is 28.2 Å². The van der Waals surface area contributed by atoms with Gasteiger partial charge in [-0.15, -0.1) is 0 Å². The Bertz CT molecular complexity index is 790. The SMILES string of the molecule is CC(C)Oc1ccc(NC(=O)c2ccc(C(=O)O)cc2F)c(F)c1. The first-order valence-electron chi connectivity index (χ1n) is 7.08. The fourth-order valence-corrected chi connectivity index (χ4v) is 1.96. The second-order valence-corrected chi connectivity index (χ2v) is 5.26. The fraction of sp³-hybridized carbons (Fsp3) is 0.176. The van der Waals surface area contributed by atoms with Crippen LogP contribution in [0, 0.1) is 11.6 Å². The van der Waals surface area contributed by atoms with Crippen LogP contribution in [0.2, 0.25) is 0 Å².